The zero-order valence-electron chi connectivity index (χ0n) is 22.7. The Morgan fingerprint density at radius 2 is 1.63 bits per heavy atom. The summed E-state index contributed by atoms with van der Waals surface area (Å²) in [6.45, 7) is 9.78. The molecule has 38 heavy (non-hydrogen) atoms. The summed E-state index contributed by atoms with van der Waals surface area (Å²) in [7, 11) is 3.16. The Labute approximate surface area is 224 Å². The van der Waals surface area contributed by atoms with Crippen LogP contribution in [0, 0.1) is 0 Å². The molecule has 0 spiro atoms. The van der Waals surface area contributed by atoms with Crippen LogP contribution in [0.15, 0.2) is 85.7 Å². The Kier molecular flexibility index (Phi) is 12.6. The van der Waals surface area contributed by atoms with E-state index in [2.05, 4.69) is 27.2 Å². The van der Waals surface area contributed by atoms with Gasteiger partial charge < -0.3 is 19.5 Å². The van der Waals surface area contributed by atoms with E-state index in [4.69, 9.17) is 14.2 Å². The maximum absolute atomic E-state index is 12.1. The van der Waals surface area contributed by atoms with Crippen molar-refractivity contribution in [3.63, 3.8) is 0 Å². The second kappa shape index (κ2) is 16.2. The molecule has 0 unspecified atom stereocenters. The average Bonchev–Trinajstić information content (AvgIpc) is 2.95. The number of hydrogen-bond acceptors (Lipinski definition) is 6. The first-order chi connectivity index (χ1) is 18.6. The van der Waals surface area contributed by atoms with Crippen LogP contribution in [-0.2, 0) is 6.42 Å². The number of anilines is 1. The minimum Gasteiger partial charge on any atom is -0.493 e. The number of carbonyl (C=O) groups excluding carboxylic acids is 1. The van der Waals surface area contributed by atoms with Gasteiger partial charge in [0.1, 0.15) is 17.3 Å². The van der Waals surface area contributed by atoms with E-state index in [1.165, 1.54) is 0 Å². The number of allylic oxidation sites excluding steroid dienone is 1. The number of aromatic nitrogens is 2. The van der Waals surface area contributed by atoms with Crippen molar-refractivity contribution >= 4 is 22.8 Å². The molecule has 200 valence electrons. The Hall–Kier alpha value is -4.59. The van der Waals surface area contributed by atoms with E-state index in [1.54, 1.807) is 57.0 Å². The molecule has 2 aromatic carbocycles. The van der Waals surface area contributed by atoms with E-state index >= 15 is 0 Å². The van der Waals surface area contributed by atoms with Crippen molar-refractivity contribution in [1.82, 2.24) is 15.3 Å². The minimum atomic E-state index is -0.312. The van der Waals surface area contributed by atoms with Crippen molar-refractivity contribution in [2.24, 2.45) is 0 Å². The molecular formula is C30H36N4O4. The SMILES string of the molecule is C=CC.CC.COc1cc2nccc(Oc3ccc(NC(=O)NCCc4ccccc4)nc3)c2cc1OC. The molecule has 2 aromatic heterocycles. The summed E-state index contributed by atoms with van der Waals surface area (Å²) in [6.07, 6.45) is 5.71. The normalized spacial score (nSPS) is 9.61. The summed E-state index contributed by atoms with van der Waals surface area (Å²) in [5, 5.41) is 6.32. The molecule has 0 aliphatic heterocycles. The Balaban J connectivity index is 0.000000947. The highest BCUT2D eigenvalue weighted by Crippen LogP contribution is 2.36. The smallest absolute Gasteiger partial charge is 0.320 e. The molecule has 4 aromatic rings. The number of urea groups is 1. The maximum atomic E-state index is 12.1. The van der Waals surface area contributed by atoms with Gasteiger partial charge in [-0.3, -0.25) is 10.3 Å². The van der Waals surface area contributed by atoms with Crippen LogP contribution >= 0.6 is 0 Å². The maximum Gasteiger partial charge on any atom is 0.320 e. The first-order valence-electron chi connectivity index (χ1n) is 12.4. The summed E-state index contributed by atoms with van der Waals surface area (Å²) in [4.78, 5) is 20.8. The second-order valence-electron chi connectivity index (χ2n) is 7.54. The number of nitrogens with zero attached hydrogens (tertiary/aromatic N) is 2. The van der Waals surface area contributed by atoms with Crippen molar-refractivity contribution in [3.8, 4) is 23.0 Å². The van der Waals surface area contributed by atoms with Crippen molar-refractivity contribution < 1.29 is 19.0 Å². The van der Waals surface area contributed by atoms with Crippen molar-refractivity contribution in [2.45, 2.75) is 27.2 Å². The fourth-order valence-electron chi connectivity index (χ4n) is 3.30. The minimum absolute atomic E-state index is 0.312. The standard InChI is InChI=1S/C25H24N4O4.C3H6.C2H6/c1-31-22-14-19-20(15-23(22)32-2)26-13-11-21(19)33-18-8-9-24(28-16-18)29-25(30)27-12-10-17-6-4-3-5-7-17;1-3-2;1-2/h3-9,11,13-16H,10,12H2,1-2H3,(H2,27,28,29,30);3H,1H2,2H3;1-2H3. The van der Waals surface area contributed by atoms with E-state index in [1.807, 2.05) is 57.2 Å². The molecule has 2 N–H and O–H groups in total. The van der Waals surface area contributed by atoms with Crippen molar-refractivity contribution in [1.29, 1.82) is 0 Å². The number of fused-ring (bicyclic) bond motifs is 1. The molecule has 8 heteroatoms. The van der Waals surface area contributed by atoms with Crippen LogP contribution in [-0.4, -0.2) is 36.8 Å². The molecule has 0 radical (unpaired) electrons. The summed E-state index contributed by atoms with van der Waals surface area (Å²) >= 11 is 0. The van der Waals surface area contributed by atoms with Crippen LogP contribution in [0.5, 0.6) is 23.0 Å². The number of pyridine rings is 2. The molecule has 8 nitrogen and oxygen atoms in total. The van der Waals surface area contributed by atoms with Gasteiger partial charge in [0, 0.05) is 24.2 Å². The summed E-state index contributed by atoms with van der Waals surface area (Å²) in [6, 6.07) is 18.5. The molecule has 0 bridgehead atoms. The molecule has 0 aliphatic rings. The topological polar surface area (TPSA) is 94.6 Å². The molecule has 0 atom stereocenters. The molecular weight excluding hydrogens is 480 g/mol. The predicted octanol–water partition coefficient (Wildman–Crippen LogP) is 7.02. The average molecular weight is 517 g/mol. The van der Waals surface area contributed by atoms with Gasteiger partial charge in [0.25, 0.3) is 0 Å². The Bertz CT molecular complexity index is 1280. The quantitative estimate of drug-likeness (QED) is 0.244. The highest BCUT2D eigenvalue weighted by molar-refractivity contribution is 5.89. The number of rotatable bonds is 8. The third kappa shape index (κ3) is 8.81. The number of methoxy groups -OCH3 is 2. The van der Waals surface area contributed by atoms with Gasteiger partial charge in [0.05, 0.1) is 25.9 Å². The molecule has 0 fully saturated rings. The number of benzene rings is 2. The van der Waals surface area contributed by atoms with Crippen LogP contribution < -0.4 is 24.8 Å². The monoisotopic (exact) mass is 516 g/mol. The van der Waals surface area contributed by atoms with Gasteiger partial charge in [0.2, 0.25) is 0 Å². The number of carbonyl (C=O) groups is 1. The van der Waals surface area contributed by atoms with E-state index in [0.29, 0.717) is 40.9 Å². The second-order valence-corrected chi connectivity index (χ2v) is 7.54. The highest BCUT2D eigenvalue weighted by Gasteiger charge is 2.12. The third-order valence-corrected chi connectivity index (χ3v) is 4.95. The summed E-state index contributed by atoms with van der Waals surface area (Å²) in [5.74, 6) is 2.72. The summed E-state index contributed by atoms with van der Waals surface area (Å²) < 4.78 is 16.7. The van der Waals surface area contributed by atoms with Gasteiger partial charge in [0.15, 0.2) is 11.5 Å². The molecule has 2 heterocycles. The zero-order valence-corrected chi connectivity index (χ0v) is 22.7. The zero-order chi connectivity index (χ0) is 27.8. The fraction of sp³-hybridized carbons (Fsp3) is 0.233. The number of ether oxygens (including phenoxy) is 3. The van der Waals surface area contributed by atoms with Gasteiger partial charge >= 0.3 is 6.03 Å². The van der Waals surface area contributed by atoms with Crippen LogP contribution in [0.3, 0.4) is 0 Å². The van der Waals surface area contributed by atoms with Gasteiger partial charge in [-0.25, -0.2) is 9.78 Å². The van der Waals surface area contributed by atoms with Crippen LogP contribution in [0.2, 0.25) is 0 Å². The molecule has 0 aliphatic carbocycles. The predicted molar refractivity (Wildman–Crippen MR) is 154 cm³/mol. The van der Waals surface area contributed by atoms with Crippen LogP contribution in [0.1, 0.15) is 26.3 Å². The van der Waals surface area contributed by atoms with Gasteiger partial charge in [-0.2, -0.15) is 0 Å². The van der Waals surface area contributed by atoms with Crippen molar-refractivity contribution in [3.05, 3.63) is 91.3 Å². The number of nitrogens with one attached hydrogen (secondary N) is 2. The first kappa shape index (κ1) is 29.6. The Morgan fingerprint density at radius 1 is 0.947 bits per heavy atom. The lowest BCUT2D eigenvalue weighted by atomic mass is 10.1. The number of amides is 2. The molecule has 4 rings (SSSR count). The largest absolute Gasteiger partial charge is 0.493 e. The van der Waals surface area contributed by atoms with Crippen LogP contribution in [0.4, 0.5) is 10.6 Å². The van der Waals surface area contributed by atoms with Gasteiger partial charge in [-0.1, -0.05) is 50.3 Å². The number of hydrogen-bond donors (Lipinski definition) is 2. The molecule has 2 amide bonds. The van der Waals surface area contributed by atoms with E-state index in [-0.39, 0.29) is 6.03 Å². The van der Waals surface area contributed by atoms with Crippen molar-refractivity contribution in [2.75, 3.05) is 26.1 Å². The van der Waals surface area contributed by atoms with Gasteiger partial charge in [-0.15, -0.1) is 6.58 Å². The third-order valence-electron chi connectivity index (χ3n) is 4.95. The van der Waals surface area contributed by atoms with Crippen LogP contribution in [0.25, 0.3) is 10.9 Å². The first-order valence-corrected chi connectivity index (χ1v) is 12.4. The van der Waals surface area contributed by atoms with E-state index in [0.717, 1.165) is 17.4 Å². The fourth-order valence-corrected chi connectivity index (χ4v) is 3.30. The van der Waals surface area contributed by atoms with Gasteiger partial charge in [-0.05, 0) is 43.2 Å². The lowest BCUT2D eigenvalue weighted by molar-refractivity contribution is 0.252. The van der Waals surface area contributed by atoms with E-state index < -0.39 is 0 Å². The molecule has 0 saturated heterocycles. The lowest BCUT2D eigenvalue weighted by Gasteiger charge is -2.12. The van der Waals surface area contributed by atoms with E-state index in [9.17, 15) is 4.79 Å². The summed E-state index contributed by atoms with van der Waals surface area (Å²) in [5.41, 5.74) is 1.88. The lowest BCUT2D eigenvalue weighted by Crippen LogP contribution is -2.30. The Morgan fingerprint density at radius 3 is 2.26 bits per heavy atom. The highest BCUT2D eigenvalue weighted by atomic mass is 16.5. The molecule has 0 saturated carbocycles.